The molecule has 3 N–H and O–H groups in total. The Kier molecular flexibility index (Phi) is 13.2. The van der Waals surface area contributed by atoms with Gasteiger partial charge < -0.3 is 30.1 Å². The molecular formula is C34H42BrN3O7. The fourth-order valence-corrected chi connectivity index (χ4v) is 5.37. The molecule has 0 radical (unpaired) electrons. The number of ether oxygens (including phenoxy) is 2. The summed E-state index contributed by atoms with van der Waals surface area (Å²) in [6.45, 7) is 5.34. The van der Waals surface area contributed by atoms with E-state index in [1.54, 1.807) is 50.2 Å². The normalized spacial score (nSPS) is 22.6. The molecule has 2 aromatic carbocycles. The molecule has 0 bridgehead atoms. The number of rotatable bonds is 4. The second-order valence-electron chi connectivity index (χ2n) is 11.2. The number of halogens is 1. The first-order chi connectivity index (χ1) is 21.4. The highest BCUT2D eigenvalue weighted by Crippen LogP contribution is 2.26. The molecule has 3 rings (SSSR count). The Bertz CT molecular complexity index is 1440. The largest absolute Gasteiger partial charge is 0.507 e. The van der Waals surface area contributed by atoms with Crippen LogP contribution in [0.5, 0.6) is 5.75 Å². The molecule has 3 atom stereocenters. The van der Waals surface area contributed by atoms with Gasteiger partial charge in [0.2, 0.25) is 17.7 Å². The molecule has 0 aliphatic carbocycles. The van der Waals surface area contributed by atoms with E-state index in [2.05, 4.69) is 32.6 Å². The van der Waals surface area contributed by atoms with E-state index >= 15 is 0 Å². The van der Waals surface area contributed by atoms with E-state index in [0.29, 0.717) is 41.3 Å². The topological polar surface area (TPSA) is 134 Å². The molecule has 45 heavy (non-hydrogen) atoms. The van der Waals surface area contributed by atoms with Crippen molar-refractivity contribution in [1.82, 2.24) is 15.5 Å². The lowest BCUT2D eigenvalue weighted by Gasteiger charge is -2.30. The van der Waals surface area contributed by atoms with Gasteiger partial charge in [0.1, 0.15) is 17.8 Å². The molecule has 10 nitrogen and oxygen atoms in total. The van der Waals surface area contributed by atoms with Crippen molar-refractivity contribution in [3.63, 3.8) is 0 Å². The summed E-state index contributed by atoms with van der Waals surface area (Å²) in [6.07, 6.45) is 4.40. The van der Waals surface area contributed by atoms with Crippen molar-refractivity contribution in [3.05, 3.63) is 81.5 Å². The maximum Gasteiger partial charge on any atom is 0.359 e. The minimum absolute atomic E-state index is 0.0181. The highest BCUT2D eigenvalue weighted by molar-refractivity contribution is 9.10. The number of hydrogen-bond donors (Lipinski definition) is 3. The Morgan fingerprint density at radius 3 is 2.47 bits per heavy atom. The summed E-state index contributed by atoms with van der Waals surface area (Å²) in [5.41, 5.74) is 2.08. The molecule has 1 heterocycles. The summed E-state index contributed by atoms with van der Waals surface area (Å²) in [5, 5.41) is 15.5. The van der Waals surface area contributed by atoms with E-state index in [0.717, 1.165) is 5.57 Å². The first-order valence-electron chi connectivity index (χ1n) is 15.0. The number of phenolic OH excluding ortho intramolecular Hbond substituents is 1. The quantitative estimate of drug-likeness (QED) is 0.179. The number of nitrogens with one attached hydrogen (secondary N) is 2. The number of esters is 1. The number of methoxy groups -OCH3 is 1. The van der Waals surface area contributed by atoms with Gasteiger partial charge >= 0.3 is 5.97 Å². The summed E-state index contributed by atoms with van der Waals surface area (Å²) in [5.74, 6) is -2.09. The van der Waals surface area contributed by atoms with Crippen LogP contribution < -0.4 is 10.6 Å². The molecule has 0 fully saturated rings. The van der Waals surface area contributed by atoms with Crippen LogP contribution >= 0.6 is 15.9 Å². The summed E-state index contributed by atoms with van der Waals surface area (Å²) < 4.78 is 11.9. The second-order valence-corrected chi connectivity index (χ2v) is 12.1. The summed E-state index contributed by atoms with van der Waals surface area (Å²) >= 11 is 3.30. The number of likely N-dealkylation sites (N-methyl/N-ethyl adjacent to an activating group) is 1. The Balaban J connectivity index is 2.09. The first kappa shape index (κ1) is 35.4. The average molecular weight is 685 g/mol. The zero-order valence-electron chi connectivity index (χ0n) is 26.4. The molecule has 242 valence electrons. The minimum Gasteiger partial charge on any atom is -0.507 e. The highest BCUT2D eigenvalue weighted by Gasteiger charge is 2.33. The van der Waals surface area contributed by atoms with E-state index in [1.165, 1.54) is 25.1 Å². The van der Waals surface area contributed by atoms with Crippen LogP contribution in [0.25, 0.3) is 5.76 Å². The van der Waals surface area contributed by atoms with Gasteiger partial charge in [0.25, 0.3) is 0 Å². The lowest BCUT2D eigenvalue weighted by atomic mass is 10.0. The van der Waals surface area contributed by atoms with Crippen LogP contribution in [0, 0.1) is 0 Å². The smallest absolute Gasteiger partial charge is 0.359 e. The lowest BCUT2D eigenvalue weighted by Crippen LogP contribution is -2.54. The number of aromatic hydroxyl groups is 1. The number of amides is 3. The van der Waals surface area contributed by atoms with E-state index in [-0.39, 0.29) is 36.0 Å². The number of hydrogen-bond acceptors (Lipinski definition) is 7. The van der Waals surface area contributed by atoms with Crippen LogP contribution in [0.4, 0.5) is 0 Å². The van der Waals surface area contributed by atoms with E-state index < -0.39 is 36.0 Å². The zero-order chi connectivity index (χ0) is 33.1. The van der Waals surface area contributed by atoms with Crippen LogP contribution in [0.3, 0.4) is 0 Å². The Morgan fingerprint density at radius 2 is 1.80 bits per heavy atom. The average Bonchev–Trinajstić information content (AvgIpc) is 3.01. The van der Waals surface area contributed by atoms with Gasteiger partial charge in [0.15, 0.2) is 11.5 Å². The highest BCUT2D eigenvalue weighted by atomic mass is 79.9. The van der Waals surface area contributed by atoms with Gasteiger partial charge in [0.05, 0.1) is 17.7 Å². The van der Waals surface area contributed by atoms with Gasteiger partial charge in [-0.15, -0.1) is 0 Å². The molecule has 3 unspecified atom stereocenters. The molecule has 0 saturated carbocycles. The second kappa shape index (κ2) is 16.8. The molecule has 0 aromatic heterocycles. The SMILES string of the molecule is COC(=C1NC(=O)C(Cc2ccc(O)c(Br)c2)N(C)C(=O)C(C)NC(=O)CCCC=C(C)CCC(C)OC1=O)c1ccccc1. The van der Waals surface area contributed by atoms with Crippen molar-refractivity contribution in [2.45, 2.75) is 77.5 Å². The Morgan fingerprint density at radius 1 is 1.09 bits per heavy atom. The van der Waals surface area contributed by atoms with Gasteiger partial charge in [-0.2, -0.15) is 0 Å². The third-order valence-electron chi connectivity index (χ3n) is 7.58. The summed E-state index contributed by atoms with van der Waals surface area (Å²) in [7, 11) is 2.87. The molecule has 0 saturated heterocycles. The number of benzene rings is 2. The van der Waals surface area contributed by atoms with Crippen LogP contribution in [0.2, 0.25) is 0 Å². The number of allylic oxidation sites excluding steroid dienone is 2. The molecule has 0 spiro atoms. The van der Waals surface area contributed by atoms with E-state index in [9.17, 15) is 24.3 Å². The molecule has 2 aromatic rings. The fraction of sp³-hybridized carbons (Fsp3) is 0.412. The molecule has 11 heteroatoms. The van der Waals surface area contributed by atoms with Crippen molar-refractivity contribution in [2.75, 3.05) is 14.2 Å². The van der Waals surface area contributed by atoms with Crippen LogP contribution in [0.15, 0.2) is 70.3 Å². The van der Waals surface area contributed by atoms with Crippen molar-refractivity contribution < 1.29 is 33.8 Å². The first-order valence-corrected chi connectivity index (χ1v) is 15.7. The Hall–Kier alpha value is -4.12. The molecule has 1 aliphatic rings. The van der Waals surface area contributed by atoms with Gasteiger partial charge in [-0.1, -0.05) is 48.0 Å². The number of carbonyl (C=O) groups is 4. The lowest BCUT2D eigenvalue weighted by molar-refractivity contribution is -0.146. The van der Waals surface area contributed by atoms with Gasteiger partial charge in [0, 0.05) is 25.5 Å². The standard InChI is InChI=1S/C34H42BrN3O7/c1-21-11-9-10-14-29(40)36-23(3)33(42)38(4)27(20-24-17-18-28(39)26(35)19-24)32(41)37-30(34(43)45-22(2)16-15-21)31(44-5)25-12-7-6-8-13-25/h6-8,11-13,17-19,22-23,27,39H,9-10,14-16,20H2,1-5H3,(H,36,40)(H,37,41). The van der Waals surface area contributed by atoms with Crippen molar-refractivity contribution in [2.24, 2.45) is 0 Å². The van der Waals surface area contributed by atoms with Crippen LogP contribution in [-0.4, -0.2) is 66.0 Å². The zero-order valence-corrected chi connectivity index (χ0v) is 28.0. The van der Waals surface area contributed by atoms with Gasteiger partial charge in [-0.05, 0) is 80.1 Å². The van der Waals surface area contributed by atoms with Gasteiger partial charge in [-0.25, -0.2) is 4.79 Å². The number of cyclic esters (lactones) is 1. The molecular weight excluding hydrogens is 642 g/mol. The van der Waals surface area contributed by atoms with E-state index in [1.807, 2.05) is 13.0 Å². The summed E-state index contributed by atoms with van der Waals surface area (Å²) in [6, 6.07) is 11.6. The Labute approximate surface area is 273 Å². The third kappa shape index (κ3) is 10.2. The van der Waals surface area contributed by atoms with Crippen LogP contribution in [-0.2, 0) is 35.1 Å². The van der Waals surface area contributed by atoms with Crippen molar-refractivity contribution in [3.8, 4) is 5.75 Å². The van der Waals surface area contributed by atoms with Gasteiger partial charge in [-0.3, -0.25) is 14.4 Å². The van der Waals surface area contributed by atoms with Crippen LogP contribution in [0.1, 0.15) is 64.0 Å². The molecule has 3 amide bonds. The third-order valence-corrected chi connectivity index (χ3v) is 8.22. The predicted octanol–water partition coefficient (Wildman–Crippen LogP) is 5.00. The number of carbonyl (C=O) groups excluding carboxylic acids is 4. The minimum atomic E-state index is -1.13. The maximum absolute atomic E-state index is 14.1. The number of nitrogens with zero attached hydrogens (tertiary/aromatic N) is 1. The number of phenols is 1. The summed E-state index contributed by atoms with van der Waals surface area (Å²) in [4.78, 5) is 55.3. The monoisotopic (exact) mass is 683 g/mol. The van der Waals surface area contributed by atoms with Crippen molar-refractivity contribution >= 4 is 45.4 Å². The van der Waals surface area contributed by atoms with E-state index in [4.69, 9.17) is 9.47 Å². The fourth-order valence-electron chi connectivity index (χ4n) is 4.95. The molecule has 1 aliphatic heterocycles. The predicted molar refractivity (Wildman–Crippen MR) is 175 cm³/mol. The van der Waals surface area contributed by atoms with Crippen molar-refractivity contribution in [1.29, 1.82) is 0 Å². The maximum atomic E-state index is 14.1.